The number of nitrogens with zero attached hydrogens (tertiary/aromatic N) is 2. The molecule has 2 aromatic rings. The van der Waals surface area contributed by atoms with Crippen LogP contribution in [-0.2, 0) is 4.74 Å². The summed E-state index contributed by atoms with van der Waals surface area (Å²) >= 11 is 0. The van der Waals surface area contributed by atoms with Crippen LogP contribution in [0, 0.1) is 19.8 Å². The molecule has 1 spiro atoms. The number of amides is 1. The number of aryl methyl sites for hydroxylation is 2. The van der Waals surface area contributed by atoms with Gasteiger partial charge < -0.3 is 18.8 Å². The largest absolute Gasteiger partial charge is 0.492 e. The zero-order chi connectivity index (χ0) is 18.1. The zero-order valence-corrected chi connectivity index (χ0v) is 15.2. The van der Waals surface area contributed by atoms with Gasteiger partial charge >= 0.3 is 0 Å². The Morgan fingerprint density at radius 2 is 2.27 bits per heavy atom. The van der Waals surface area contributed by atoms with Crippen LogP contribution in [0.3, 0.4) is 0 Å². The lowest BCUT2D eigenvalue weighted by Gasteiger charge is -2.50. The van der Waals surface area contributed by atoms with Crippen molar-refractivity contribution in [1.82, 2.24) is 9.88 Å². The van der Waals surface area contributed by atoms with Crippen LogP contribution in [0.5, 0.6) is 5.75 Å². The smallest absolute Gasteiger partial charge is 0.257 e. The summed E-state index contributed by atoms with van der Waals surface area (Å²) < 4.78 is 17.3. The van der Waals surface area contributed by atoms with E-state index < -0.39 is 0 Å². The zero-order valence-electron chi connectivity index (χ0n) is 15.2. The molecule has 138 valence electrons. The Hall–Kier alpha value is -2.34. The molecule has 6 heteroatoms. The standard InChI is InChI=1S/C20H24N2O4/c1-14-10-18(15(2)26-14)19(23)22-12-20(13-22)16(6-9-25-20)5-8-24-17-4-3-7-21-11-17/h3-4,7,10-11,16H,5-6,8-9,12-13H2,1-2H3. The summed E-state index contributed by atoms with van der Waals surface area (Å²) in [6.45, 7) is 6.37. The van der Waals surface area contributed by atoms with E-state index in [9.17, 15) is 4.79 Å². The first-order chi connectivity index (χ1) is 12.6. The molecular weight excluding hydrogens is 332 g/mol. The van der Waals surface area contributed by atoms with E-state index in [0.29, 0.717) is 36.9 Å². The molecule has 1 amide bonds. The number of furan rings is 1. The first kappa shape index (κ1) is 17.1. The Balaban J connectivity index is 1.33. The maximum absolute atomic E-state index is 12.7. The molecule has 2 aliphatic rings. The lowest BCUT2D eigenvalue weighted by molar-refractivity contribution is -0.119. The number of hydrogen-bond donors (Lipinski definition) is 0. The molecule has 4 heterocycles. The molecular formula is C20H24N2O4. The van der Waals surface area contributed by atoms with Crippen molar-refractivity contribution in [1.29, 1.82) is 0 Å². The molecule has 0 aliphatic carbocycles. The van der Waals surface area contributed by atoms with Crippen molar-refractivity contribution in [2.24, 2.45) is 5.92 Å². The van der Waals surface area contributed by atoms with E-state index >= 15 is 0 Å². The Labute approximate surface area is 153 Å². The van der Waals surface area contributed by atoms with E-state index in [1.165, 1.54) is 0 Å². The molecule has 6 nitrogen and oxygen atoms in total. The number of carbonyl (C=O) groups is 1. The molecule has 0 bridgehead atoms. The molecule has 0 aromatic carbocycles. The van der Waals surface area contributed by atoms with Crippen LogP contribution >= 0.6 is 0 Å². The summed E-state index contributed by atoms with van der Waals surface area (Å²) in [5.74, 6) is 2.68. The first-order valence-electron chi connectivity index (χ1n) is 9.10. The quantitative estimate of drug-likeness (QED) is 0.824. The van der Waals surface area contributed by atoms with Crippen molar-refractivity contribution in [2.45, 2.75) is 32.3 Å². The molecule has 26 heavy (non-hydrogen) atoms. The van der Waals surface area contributed by atoms with Crippen LogP contribution < -0.4 is 4.74 Å². The summed E-state index contributed by atoms with van der Waals surface area (Å²) in [7, 11) is 0. The van der Waals surface area contributed by atoms with Gasteiger partial charge in [0.05, 0.1) is 31.5 Å². The van der Waals surface area contributed by atoms with Crippen LogP contribution in [0.15, 0.2) is 35.0 Å². The second-order valence-corrected chi connectivity index (χ2v) is 7.21. The highest BCUT2D eigenvalue weighted by atomic mass is 16.5. The number of rotatable bonds is 5. The monoisotopic (exact) mass is 356 g/mol. The summed E-state index contributed by atoms with van der Waals surface area (Å²) in [6.07, 6.45) is 5.39. The lowest BCUT2D eigenvalue weighted by Crippen LogP contribution is -2.66. The van der Waals surface area contributed by atoms with Crippen molar-refractivity contribution in [3.8, 4) is 5.75 Å². The van der Waals surface area contributed by atoms with Crippen molar-refractivity contribution >= 4 is 5.91 Å². The molecule has 2 saturated heterocycles. The van der Waals surface area contributed by atoms with E-state index in [2.05, 4.69) is 4.98 Å². The summed E-state index contributed by atoms with van der Waals surface area (Å²) in [5.41, 5.74) is 0.451. The van der Waals surface area contributed by atoms with Gasteiger partial charge in [-0.2, -0.15) is 0 Å². The van der Waals surface area contributed by atoms with Gasteiger partial charge in [0, 0.05) is 12.8 Å². The van der Waals surface area contributed by atoms with Crippen LogP contribution in [0.4, 0.5) is 0 Å². The van der Waals surface area contributed by atoms with Crippen molar-refractivity contribution in [3.05, 3.63) is 47.7 Å². The van der Waals surface area contributed by atoms with Gasteiger partial charge in [-0.15, -0.1) is 0 Å². The minimum Gasteiger partial charge on any atom is -0.492 e. The molecule has 2 aromatic heterocycles. The lowest BCUT2D eigenvalue weighted by atomic mass is 9.79. The maximum Gasteiger partial charge on any atom is 0.257 e. The molecule has 2 aliphatic heterocycles. The number of carbonyl (C=O) groups excluding carboxylic acids is 1. The highest BCUT2D eigenvalue weighted by molar-refractivity contribution is 5.96. The van der Waals surface area contributed by atoms with Crippen LogP contribution in [-0.4, -0.2) is 47.7 Å². The van der Waals surface area contributed by atoms with Gasteiger partial charge in [0.15, 0.2) is 0 Å². The van der Waals surface area contributed by atoms with Crippen molar-refractivity contribution in [3.63, 3.8) is 0 Å². The summed E-state index contributed by atoms with van der Waals surface area (Å²) in [6, 6.07) is 5.59. The normalized spacial score (nSPS) is 21.0. The highest BCUT2D eigenvalue weighted by Gasteiger charge is 2.54. The Kier molecular flexibility index (Phi) is 4.44. The minimum atomic E-state index is -0.208. The van der Waals surface area contributed by atoms with Gasteiger partial charge in [0.2, 0.25) is 0 Å². The predicted octanol–water partition coefficient (Wildman–Crippen LogP) is 2.99. The Morgan fingerprint density at radius 3 is 2.96 bits per heavy atom. The first-order valence-corrected chi connectivity index (χ1v) is 9.10. The second kappa shape index (κ2) is 6.76. The fraction of sp³-hybridized carbons (Fsp3) is 0.500. The van der Waals surface area contributed by atoms with Crippen LogP contribution in [0.1, 0.15) is 34.7 Å². The van der Waals surface area contributed by atoms with E-state index in [1.54, 1.807) is 12.4 Å². The van der Waals surface area contributed by atoms with Crippen LogP contribution in [0.2, 0.25) is 0 Å². The third kappa shape index (κ3) is 3.09. The van der Waals surface area contributed by atoms with Gasteiger partial charge in [-0.1, -0.05) is 0 Å². The maximum atomic E-state index is 12.7. The van der Waals surface area contributed by atoms with Gasteiger partial charge in [-0.05, 0) is 50.8 Å². The number of pyridine rings is 1. The van der Waals surface area contributed by atoms with Gasteiger partial charge in [-0.3, -0.25) is 9.78 Å². The topological polar surface area (TPSA) is 64.8 Å². The number of aromatic nitrogens is 1. The van der Waals surface area contributed by atoms with E-state index in [4.69, 9.17) is 13.9 Å². The summed E-state index contributed by atoms with van der Waals surface area (Å²) in [5, 5.41) is 0. The van der Waals surface area contributed by atoms with E-state index in [1.807, 2.05) is 36.9 Å². The van der Waals surface area contributed by atoms with Crippen LogP contribution in [0.25, 0.3) is 0 Å². The van der Waals surface area contributed by atoms with Gasteiger partial charge in [0.25, 0.3) is 5.91 Å². The number of likely N-dealkylation sites (tertiary alicyclic amines) is 1. The predicted molar refractivity (Wildman–Crippen MR) is 95.2 cm³/mol. The van der Waals surface area contributed by atoms with Crippen molar-refractivity contribution < 1.29 is 18.7 Å². The molecule has 0 saturated carbocycles. The fourth-order valence-electron chi connectivity index (χ4n) is 4.05. The second-order valence-electron chi connectivity index (χ2n) is 7.21. The Bertz CT molecular complexity index is 780. The number of ether oxygens (including phenoxy) is 2. The third-order valence-corrected chi connectivity index (χ3v) is 5.44. The van der Waals surface area contributed by atoms with Crippen molar-refractivity contribution in [2.75, 3.05) is 26.3 Å². The molecule has 1 atom stereocenters. The SMILES string of the molecule is Cc1cc(C(=O)N2CC3(C2)OCCC3CCOc2cccnc2)c(C)o1. The molecule has 0 radical (unpaired) electrons. The van der Waals surface area contributed by atoms with E-state index in [-0.39, 0.29) is 11.5 Å². The number of hydrogen-bond acceptors (Lipinski definition) is 5. The Morgan fingerprint density at radius 1 is 1.42 bits per heavy atom. The fourth-order valence-corrected chi connectivity index (χ4v) is 4.05. The third-order valence-electron chi connectivity index (χ3n) is 5.44. The van der Waals surface area contributed by atoms with E-state index in [0.717, 1.165) is 31.0 Å². The minimum absolute atomic E-state index is 0.0332. The average molecular weight is 356 g/mol. The molecule has 0 N–H and O–H groups in total. The van der Waals surface area contributed by atoms with Gasteiger partial charge in [0.1, 0.15) is 22.9 Å². The molecule has 2 fully saturated rings. The molecule has 4 rings (SSSR count). The highest BCUT2D eigenvalue weighted by Crippen LogP contribution is 2.42. The average Bonchev–Trinajstić information content (AvgIpc) is 3.17. The summed E-state index contributed by atoms with van der Waals surface area (Å²) in [4.78, 5) is 18.6. The van der Waals surface area contributed by atoms with Gasteiger partial charge in [-0.25, -0.2) is 0 Å². The molecule has 1 unspecified atom stereocenters.